The number of amides is 1. The molecule has 0 saturated carbocycles. The van der Waals surface area contributed by atoms with E-state index in [9.17, 15) is 15.0 Å². The molecule has 1 rings (SSSR count). The molecule has 0 fully saturated rings. The molecular formula is C12H16BrNO4. The Morgan fingerprint density at radius 3 is 2.44 bits per heavy atom. The van der Waals surface area contributed by atoms with E-state index in [0.717, 1.165) is 5.33 Å². The molecule has 0 aliphatic rings. The number of ether oxygens (including phenoxy) is 1. The van der Waals surface area contributed by atoms with Crippen molar-refractivity contribution in [1.29, 1.82) is 0 Å². The first-order valence-corrected chi connectivity index (χ1v) is 6.59. The van der Waals surface area contributed by atoms with E-state index in [0.29, 0.717) is 19.8 Å². The van der Waals surface area contributed by atoms with Gasteiger partial charge < -0.3 is 19.8 Å². The van der Waals surface area contributed by atoms with Crippen molar-refractivity contribution in [3.05, 3.63) is 23.8 Å². The van der Waals surface area contributed by atoms with Gasteiger partial charge in [0.25, 0.3) is 5.91 Å². The van der Waals surface area contributed by atoms with Crippen molar-refractivity contribution in [2.75, 3.05) is 32.1 Å². The summed E-state index contributed by atoms with van der Waals surface area (Å²) in [6.45, 7) is 1.48. The molecule has 1 aromatic carbocycles. The number of phenols is 2. The second kappa shape index (κ2) is 7.23. The Morgan fingerprint density at radius 2 is 1.89 bits per heavy atom. The highest BCUT2D eigenvalue weighted by atomic mass is 79.9. The van der Waals surface area contributed by atoms with E-state index in [1.807, 2.05) is 0 Å². The maximum atomic E-state index is 12.0. The summed E-state index contributed by atoms with van der Waals surface area (Å²) in [5.74, 6) is -0.548. The highest BCUT2D eigenvalue weighted by Crippen LogP contribution is 2.21. The van der Waals surface area contributed by atoms with Crippen LogP contribution in [0.15, 0.2) is 18.2 Å². The van der Waals surface area contributed by atoms with Crippen LogP contribution in [0.4, 0.5) is 0 Å². The van der Waals surface area contributed by atoms with Gasteiger partial charge in [0, 0.05) is 30.6 Å². The number of benzene rings is 1. The molecule has 6 heteroatoms. The van der Waals surface area contributed by atoms with Crippen molar-refractivity contribution in [2.24, 2.45) is 0 Å². The van der Waals surface area contributed by atoms with E-state index in [2.05, 4.69) is 15.9 Å². The third-order valence-corrected chi connectivity index (χ3v) is 2.61. The molecular weight excluding hydrogens is 302 g/mol. The highest BCUT2D eigenvalue weighted by Gasteiger charge is 2.13. The van der Waals surface area contributed by atoms with Gasteiger partial charge in [0.2, 0.25) is 0 Å². The highest BCUT2D eigenvalue weighted by molar-refractivity contribution is 9.09. The molecule has 0 unspecified atom stereocenters. The first kappa shape index (κ1) is 14.8. The summed E-state index contributed by atoms with van der Waals surface area (Å²) < 4.78 is 5.25. The number of hydrogen-bond donors (Lipinski definition) is 2. The lowest BCUT2D eigenvalue weighted by Gasteiger charge is -2.17. The van der Waals surface area contributed by atoms with Crippen molar-refractivity contribution in [2.45, 2.75) is 0 Å². The number of aromatic hydroxyl groups is 2. The van der Waals surface area contributed by atoms with E-state index in [4.69, 9.17) is 4.74 Å². The van der Waals surface area contributed by atoms with Crippen LogP contribution in [-0.4, -0.2) is 53.2 Å². The Labute approximate surface area is 114 Å². The van der Waals surface area contributed by atoms with Gasteiger partial charge >= 0.3 is 0 Å². The summed E-state index contributed by atoms with van der Waals surface area (Å²) in [4.78, 5) is 13.4. The summed E-state index contributed by atoms with van der Waals surface area (Å²) in [5.41, 5.74) is 0.246. The largest absolute Gasteiger partial charge is 0.508 e. The fraction of sp³-hybridized carbons (Fsp3) is 0.417. The third-order valence-electron chi connectivity index (χ3n) is 2.29. The lowest BCUT2D eigenvalue weighted by molar-refractivity contribution is 0.0712. The Morgan fingerprint density at radius 1 is 1.28 bits per heavy atom. The zero-order valence-corrected chi connectivity index (χ0v) is 11.7. The van der Waals surface area contributed by atoms with Gasteiger partial charge in [-0.3, -0.25) is 4.79 Å². The Hall–Kier alpha value is -1.27. The quantitative estimate of drug-likeness (QED) is 0.617. The van der Waals surface area contributed by atoms with Crippen LogP contribution in [0.1, 0.15) is 10.4 Å². The summed E-state index contributed by atoms with van der Waals surface area (Å²) >= 11 is 3.24. The number of halogens is 1. The second-order valence-electron chi connectivity index (χ2n) is 3.77. The summed E-state index contributed by atoms with van der Waals surface area (Å²) in [7, 11) is 1.64. The molecule has 0 saturated heterocycles. The number of nitrogens with zero attached hydrogens (tertiary/aromatic N) is 1. The van der Waals surface area contributed by atoms with Crippen molar-refractivity contribution < 1.29 is 19.7 Å². The summed E-state index contributed by atoms with van der Waals surface area (Å²) in [6.07, 6.45) is 0. The summed E-state index contributed by atoms with van der Waals surface area (Å²) in [5, 5.41) is 19.4. The van der Waals surface area contributed by atoms with Crippen molar-refractivity contribution in [3.8, 4) is 11.5 Å². The number of rotatable bonds is 6. The van der Waals surface area contributed by atoms with E-state index in [1.54, 1.807) is 7.05 Å². The number of hydrogen-bond acceptors (Lipinski definition) is 4. The van der Waals surface area contributed by atoms with Crippen molar-refractivity contribution in [1.82, 2.24) is 4.90 Å². The lowest BCUT2D eigenvalue weighted by atomic mass is 10.2. The number of likely N-dealkylation sites (N-methyl/N-ethyl adjacent to an activating group) is 1. The number of alkyl halides is 1. The molecule has 0 atom stereocenters. The van der Waals surface area contributed by atoms with Crippen LogP contribution in [0.25, 0.3) is 0 Å². The first-order chi connectivity index (χ1) is 8.54. The minimum atomic E-state index is -0.274. The van der Waals surface area contributed by atoms with Gasteiger partial charge in [-0.25, -0.2) is 0 Å². The minimum absolute atomic E-state index is 0.137. The Bertz CT molecular complexity index is 391. The monoisotopic (exact) mass is 317 g/mol. The molecule has 1 amide bonds. The van der Waals surface area contributed by atoms with Gasteiger partial charge in [0.1, 0.15) is 11.5 Å². The smallest absolute Gasteiger partial charge is 0.253 e. The fourth-order valence-corrected chi connectivity index (χ4v) is 1.63. The average Bonchev–Trinajstić information content (AvgIpc) is 2.32. The van der Waals surface area contributed by atoms with Gasteiger partial charge in [-0.1, -0.05) is 15.9 Å². The third kappa shape index (κ3) is 4.54. The molecule has 0 aliphatic heterocycles. The van der Waals surface area contributed by atoms with Gasteiger partial charge in [0.15, 0.2) is 0 Å². The van der Waals surface area contributed by atoms with Crippen LogP contribution < -0.4 is 0 Å². The Balaban J connectivity index is 2.57. The standard InChI is InChI=1S/C12H16BrNO4/c1-14(3-5-18-4-2-13)12(17)9-6-10(15)8-11(16)7-9/h6-8,15-16H,2-5H2,1H3. The number of carbonyl (C=O) groups excluding carboxylic acids is 1. The number of carbonyl (C=O) groups is 1. The van der Waals surface area contributed by atoms with Gasteiger partial charge in [-0.2, -0.15) is 0 Å². The molecule has 0 spiro atoms. The molecule has 0 bridgehead atoms. The maximum absolute atomic E-state index is 12.0. The molecule has 0 heterocycles. The predicted molar refractivity (Wildman–Crippen MR) is 71.3 cm³/mol. The molecule has 1 aromatic rings. The predicted octanol–water partition coefficient (Wildman–Crippen LogP) is 1.58. The van der Waals surface area contributed by atoms with E-state index < -0.39 is 0 Å². The van der Waals surface area contributed by atoms with E-state index in [1.165, 1.54) is 23.1 Å². The molecule has 0 radical (unpaired) electrons. The summed E-state index contributed by atoms with van der Waals surface area (Å²) in [6, 6.07) is 3.81. The topological polar surface area (TPSA) is 70.0 Å². The molecule has 18 heavy (non-hydrogen) atoms. The molecule has 0 aromatic heterocycles. The van der Waals surface area contributed by atoms with E-state index >= 15 is 0 Å². The first-order valence-electron chi connectivity index (χ1n) is 5.47. The lowest BCUT2D eigenvalue weighted by Crippen LogP contribution is -2.30. The average molecular weight is 318 g/mol. The van der Waals surface area contributed by atoms with Crippen LogP contribution >= 0.6 is 15.9 Å². The van der Waals surface area contributed by atoms with Crippen LogP contribution in [-0.2, 0) is 4.74 Å². The normalized spacial score (nSPS) is 10.3. The van der Waals surface area contributed by atoms with Crippen molar-refractivity contribution >= 4 is 21.8 Å². The van der Waals surface area contributed by atoms with Crippen LogP contribution in [0.3, 0.4) is 0 Å². The van der Waals surface area contributed by atoms with Gasteiger partial charge in [0.05, 0.1) is 13.2 Å². The zero-order valence-electron chi connectivity index (χ0n) is 10.1. The SMILES string of the molecule is CN(CCOCCBr)C(=O)c1cc(O)cc(O)c1. The minimum Gasteiger partial charge on any atom is -0.508 e. The van der Waals surface area contributed by atoms with Gasteiger partial charge in [-0.15, -0.1) is 0 Å². The van der Waals surface area contributed by atoms with Crippen molar-refractivity contribution in [3.63, 3.8) is 0 Å². The fourth-order valence-electron chi connectivity index (χ4n) is 1.40. The number of phenolic OH excluding ortho intramolecular Hbond substituents is 2. The maximum Gasteiger partial charge on any atom is 0.253 e. The van der Waals surface area contributed by atoms with E-state index in [-0.39, 0.29) is 23.0 Å². The second-order valence-corrected chi connectivity index (χ2v) is 4.56. The zero-order chi connectivity index (χ0) is 13.5. The Kier molecular flexibility index (Phi) is 5.94. The van der Waals surface area contributed by atoms with Crippen LogP contribution in [0, 0.1) is 0 Å². The molecule has 100 valence electrons. The molecule has 5 nitrogen and oxygen atoms in total. The molecule has 0 aliphatic carbocycles. The van der Waals surface area contributed by atoms with Gasteiger partial charge in [-0.05, 0) is 12.1 Å². The molecule has 2 N–H and O–H groups in total. The van der Waals surface area contributed by atoms with Crippen LogP contribution in [0.5, 0.6) is 11.5 Å². The van der Waals surface area contributed by atoms with Crippen LogP contribution in [0.2, 0.25) is 0 Å².